The average molecular weight is 194 g/mol. The first kappa shape index (κ1) is 10.3. The zero-order valence-electron chi connectivity index (χ0n) is 8.32. The number of nitrogens with zero attached hydrogens (tertiary/aromatic N) is 2. The Kier molecular flexibility index (Phi) is 3.28. The Morgan fingerprint density at radius 2 is 2.43 bits per heavy atom. The molecule has 0 bridgehead atoms. The summed E-state index contributed by atoms with van der Waals surface area (Å²) in [6, 6.07) is 3.21. The summed E-state index contributed by atoms with van der Waals surface area (Å²) in [6.45, 7) is 1.97. The van der Waals surface area contributed by atoms with Gasteiger partial charge in [-0.25, -0.2) is 10.2 Å². The molecule has 1 aromatic rings. The van der Waals surface area contributed by atoms with E-state index >= 15 is 0 Å². The van der Waals surface area contributed by atoms with Gasteiger partial charge in [0.25, 0.3) is 0 Å². The van der Waals surface area contributed by atoms with Crippen molar-refractivity contribution >= 4 is 11.7 Å². The van der Waals surface area contributed by atoms with Crippen molar-refractivity contribution in [1.29, 1.82) is 0 Å². The van der Waals surface area contributed by atoms with Gasteiger partial charge in [0.2, 0.25) is 0 Å². The fourth-order valence-electron chi connectivity index (χ4n) is 1.20. The Balaban J connectivity index is 2.87. The number of hydrazone groups is 1. The molecule has 1 rings (SSSR count). The van der Waals surface area contributed by atoms with Crippen LogP contribution in [0.5, 0.6) is 0 Å². The lowest BCUT2D eigenvalue weighted by Gasteiger charge is -2.04. The molecule has 2 amide bonds. The van der Waals surface area contributed by atoms with Gasteiger partial charge < -0.3 is 10.3 Å². The van der Waals surface area contributed by atoms with Crippen molar-refractivity contribution in [3.63, 3.8) is 0 Å². The quantitative estimate of drug-likeness (QED) is 0.542. The fraction of sp³-hybridized carbons (Fsp3) is 0.333. The number of nitrogens with two attached hydrogens (primary N) is 1. The standard InChI is InChI=1S/C9H14N4O/c1-3-7(11-12-9(10)14)8-5-4-6-13(8)2/h4-6H,3H2,1-2H3,(H3,10,12,14)/b11-7+. The number of rotatable bonds is 3. The molecular weight excluding hydrogens is 180 g/mol. The molecule has 76 valence electrons. The highest BCUT2D eigenvalue weighted by molar-refractivity contribution is 5.99. The lowest BCUT2D eigenvalue weighted by molar-refractivity contribution is 0.249. The highest BCUT2D eigenvalue weighted by atomic mass is 16.2. The smallest absolute Gasteiger partial charge is 0.332 e. The van der Waals surface area contributed by atoms with Crippen molar-refractivity contribution < 1.29 is 4.79 Å². The largest absolute Gasteiger partial charge is 0.350 e. The number of carbonyl (C=O) groups excluding carboxylic acids is 1. The number of hydrogen-bond acceptors (Lipinski definition) is 2. The van der Waals surface area contributed by atoms with E-state index in [-0.39, 0.29) is 0 Å². The molecule has 1 heterocycles. The molecule has 0 unspecified atom stereocenters. The van der Waals surface area contributed by atoms with Crippen LogP contribution >= 0.6 is 0 Å². The second-order valence-electron chi connectivity index (χ2n) is 2.89. The van der Waals surface area contributed by atoms with Crippen molar-refractivity contribution in [3.05, 3.63) is 24.0 Å². The lowest BCUT2D eigenvalue weighted by atomic mass is 10.2. The summed E-state index contributed by atoms with van der Waals surface area (Å²) in [5, 5.41) is 3.92. The molecule has 0 saturated carbocycles. The molecule has 0 radical (unpaired) electrons. The zero-order valence-corrected chi connectivity index (χ0v) is 8.32. The van der Waals surface area contributed by atoms with Crippen molar-refractivity contribution in [2.75, 3.05) is 0 Å². The van der Waals surface area contributed by atoms with E-state index in [1.54, 1.807) is 0 Å². The average Bonchev–Trinajstić information content (AvgIpc) is 2.53. The van der Waals surface area contributed by atoms with Gasteiger partial charge in [-0.3, -0.25) is 0 Å². The molecule has 0 aliphatic carbocycles. The maximum absolute atomic E-state index is 10.5. The van der Waals surface area contributed by atoms with Gasteiger partial charge in [-0.15, -0.1) is 0 Å². The summed E-state index contributed by atoms with van der Waals surface area (Å²) in [7, 11) is 1.92. The van der Waals surface area contributed by atoms with Gasteiger partial charge in [0, 0.05) is 13.2 Å². The molecule has 5 nitrogen and oxygen atoms in total. The molecule has 0 spiro atoms. The van der Waals surface area contributed by atoms with E-state index in [9.17, 15) is 4.79 Å². The maximum Gasteiger partial charge on any atom is 0.332 e. The van der Waals surface area contributed by atoms with Crippen LogP contribution in [0.4, 0.5) is 4.79 Å². The van der Waals surface area contributed by atoms with Gasteiger partial charge in [0.05, 0.1) is 11.4 Å². The predicted octanol–water partition coefficient (Wildman–Crippen LogP) is 0.808. The number of carbonyl (C=O) groups is 1. The van der Waals surface area contributed by atoms with E-state index in [0.29, 0.717) is 0 Å². The van der Waals surface area contributed by atoms with Gasteiger partial charge in [-0.05, 0) is 18.6 Å². The van der Waals surface area contributed by atoms with Crippen LogP contribution in [0, 0.1) is 0 Å². The molecule has 1 aromatic heterocycles. The fourth-order valence-corrected chi connectivity index (χ4v) is 1.20. The Hall–Kier alpha value is -1.78. The number of amides is 2. The minimum Gasteiger partial charge on any atom is -0.350 e. The summed E-state index contributed by atoms with van der Waals surface area (Å²) >= 11 is 0. The van der Waals surface area contributed by atoms with Crippen LogP contribution in [0.3, 0.4) is 0 Å². The molecule has 5 heteroatoms. The third-order valence-electron chi connectivity index (χ3n) is 1.88. The van der Waals surface area contributed by atoms with E-state index in [2.05, 4.69) is 10.5 Å². The molecule has 0 aromatic carbocycles. The van der Waals surface area contributed by atoms with E-state index in [1.807, 2.05) is 36.9 Å². The van der Waals surface area contributed by atoms with Gasteiger partial charge in [-0.1, -0.05) is 6.92 Å². The number of aryl methyl sites for hydroxylation is 1. The first-order valence-electron chi connectivity index (χ1n) is 4.39. The van der Waals surface area contributed by atoms with Crippen molar-refractivity contribution in [2.24, 2.45) is 17.9 Å². The van der Waals surface area contributed by atoms with Gasteiger partial charge in [0.1, 0.15) is 0 Å². The maximum atomic E-state index is 10.5. The molecular formula is C9H14N4O. The summed E-state index contributed by atoms with van der Waals surface area (Å²) < 4.78 is 1.94. The van der Waals surface area contributed by atoms with E-state index in [0.717, 1.165) is 17.8 Å². The normalized spacial score (nSPS) is 11.4. The molecule has 0 aliphatic heterocycles. The number of aromatic nitrogens is 1. The Bertz CT molecular complexity index is 353. The van der Waals surface area contributed by atoms with Gasteiger partial charge >= 0.3 is 6.03 Å². The van der Waals surface area contributed by atoms with Crippen molar-refractivity contribution in [3.8, 4) is 0 Å². The summed E-state index contributed by atoms with van der Waals surface area (Å²) in [6.07, 6.45) is 2.66. The Labute approximate surface area is 82.6 Å². The monoisotopic (exact) mass is 194 g/mol. The SMILES string of the molecule is CC/C(=N\NC(N)=O)c1cccn1C. The van der Waals surface area contributed by atoms with Gasteiger partial charge in [0.15, 0.2) is 0 Å². The molecule has 3 N–H and O–H groups in total. The number of hydrogen-bond donors (Lipinski definition) is 2. The summed E-state index contributed by atoms with van der Waals surface area (Å²) in [5.41, 5.74) is 8.92. The minimum atomic E-state index is -0.648. The third kappa shape index (κ3) is 2.35. The first-order chi connectivity index (χ1) is 6.65. The van der Waals surface area contributed by atoms with Crippen LogP contribution in [-0.4, -0.2) is 16.3 Å². The van der Waals surface area contributed by atoms with Crippen LogP contribution < -0.4 is 11.2 Å². The summed E-state index contributed by atoms with van der Waals surface area (Å²) in [4.78, 5) is 10.5. The van der Waals surface area contributed by atoms with Gasteiger partial charge in [-0.2, -0.15) is 5.10 Å². The minimum absolute atomic E-state index is 0.648. The van der Waals surface area contributed by atoms with Crippen LogP contribution in [0.1, 0.15) is 19.0 Å². The molecule has 0 saturated heterocycles. The van der Waals surface area contributed by atoms with Crippen molar-refractivity contribution in [2.45, 2.75) is 13.3 Å². The predicted molar refractivity (Wildman–Crippen MR) is 55.0 cm³/mol. The van der Waals surface area contributed by atoms with E-state index < -0.39 is 6.03 Å². The Morgan fingerprint density at radius 3 is 2.86 bits per heavy atom. The van der Waals surface area contributed by atoms with Crippen LogP contribution in [0.15, 0.2) is 23.4 Å². The lowest BCUT2D eigenvalue weighted by Crippen LogP contribution is -2.26. The second-order valence-corrected chi connectivity index (χ2v) is 2.89. The van der Waals surface area contributed by atoms with Crippen molar-refractivity contribution in [1.82, 2.24) is 9.99 Å². The molecule has 14 heavy (non-hydrogen) atoms. The molecule has 0 aliphatic rings. The zero-order chi connectivity index (χ0) is 10.6. The molecule has 0 atom stereocenters. The van der Waals surface area contributed by atoms with Crippen LogP contribution in [0.25, 0.3) is 0 Å². The third-order valence-corrected chi connectivity index (χ3v) is 1.88. The first-order valence-corrected chi connectivity index (χ1v) is 4.39. The highest BCUT2D eigenvalue weighted by Crippen LogP contribution is 2.04. The Morgan fingerprint density at radius 1 is 1.71 bits per heavy atom. The highest BCUT2D eigenvalue weighted by Gasteiger charge is 2.04. The number of nitrogens with one attached hydrogen (secondary N) is 1. The molecule has 0 fully saturated rings. The number of primary amides is 1. The van der Waals surface area contributed by atoms with Crippen LogP contribution in [0.2, 0.25) is 0 Å². The summed E-state index contributed by atoms with van der Waals surface area (Å²) in [5.74, 6) is 0. The second kappa shape index (κ2) is 4.45. The topological polar surface area (TPSA) is 72.4 Å². The number of urea groups is 1. The van der Waals surface area contributed by atoms with Crippen LogP contribution in [-0.2, 0) is 7.05 Å². The van der Waals surface area contributed by atoms with E-state index in [4.69, 9.17) is 5.73 Å². The van der Waals surface area contributed by atoms with E-state index in [1.165, 1.54) is 0 Å².